The average molecular weight is 462 g/mol. The molecule has 1 aliphatic rings. The SMILES string of the molecule is CCNC(=O)C(C#N)CC1SC(CCNc2cccc(OCCN(C)C)c2)C(=O)N1CC. The molecule has 9 heteroatoms. The van der Waals surface area contributed by atoms with Crippen molar-refractivity contribution in [3.05, 3.63) is 24.3 Å². The maximum Gasteiger partial charge on any atom is 0.237 e. The summed E-state index contributed by atoms with van der Waals surface area (Å²) in [5.74, 6) is -0.121. The molecule has 3 unspecified atom stereocenters. The van der Waals surface area contributed by atoms with Gasteiger partial charge in [-0.25, -0.2) is 0 Å². The lowest BCUT2D eigenvalue weighted by molar-refractivity contribution is -0.131. The molecule has 0 aromatic heterocycles. The van der Waals surface area contributed by atoms with Gasteiger partial charge in [-0.3, -0.25) is 9.59 Å². The molecule has 3 atom stereocenters. The van der Waals surface area contributed by atoms with Crippen LogP contribution in [0.3, 0.4) is 0 Å². The van der Waals surface area contributed by atoms with Crippen molar-refractivity contribution < 1.29 is 14.3 Å². The fraction of sp³-hybridized carbons (Fsp3) is 0.609. The minimum Gasteiger partial charge on any atom is -0.492 e. The number of carbonyl (C=O) groups is 2. The van der Waals surface area contributed by atoms with Gasteiger partial charge in [-0.05, 0) is 46.5 Å². The van der Waals surface area contributed by atoms with Crippen molar-refractivity contribution in [3.63, 3.8) is 0 Å². The highest BCUT2D eigenvalue weighted by Gasteiger charge is 2.40. The van der Waals surface area contributed by atoms with Crippen LogP contribution in [-0.2, 0) is 9.59 Å². The molecule has 1 aromatic rings. The summed E-state index contributed by atoms with van der Waals surface area (Å²) in [6.07, 6.45) is 1.02. The van der Waals surface area contributed by atoms with E-state index in [4.69, 9.17) is 4.74 Å². The Balaban J connectivity index is 1.87. The highest BCUT2D eigenvalue weighted by Crippen LogP contribution is 2.37. The van der Waals surface area contributed by atoms with Crippen molar-refractivity contribution in [2.24, 2.45) is 5.92 Å². The Hall–Kier alpha value is -2.44. The number of likely N-dealkylation sites (N-methyl/N-ethyl adjacent to an activating group) is 1. The maximum absolute atomic E-state index is 12.9. The Morgan fingerprint density at radius 3 is 2.81 bits per heavy atom. The molecule has 0 aliphatic carbocycles. The average Bonchev–Trinajstić information content (AvgIpc) is 3.06. The van der Waals surface area contributed by atoms with Crippen molar-refractivity contribution in [1.82, 2.24) is 15.1 Å². The third-order valence-electron chi connectivity index (χ3n) is 5.21. The molecule has 2 amide bonds. The smallest absolute Gasteiger partial charge is 0.237 e. The molecule has 176 valence electrons. The first-order valence-corrected chi connectivity index (χ1v) is 12.1. The number of ether oxygens (including phenoxy) is 1. The van der Waals surface area contributed by atoms with Gasteiger partial charge >= 0.3 is 0 Å². The molecule has 0 saturated carbocycles. The monoisotopic (exact) mass is 461 g/mol. The molecule has 2 N–H and O–H groups in total. The molecule has 8 nitrogen and oxygen atoms in total. The van der Waals surface area contributed by atoms with Crippen LogP contribution in [0.15, 0.2) is 24.3 Å². The molecule has 1 aliphatic heterocycles. The van der Waals surface area contributed by atoms with Crippen LogP contribution in [-0.4, -0.2) is 79.1 Å². The Kier molecular flexibility index (Phi) is 10.6. The predicted molar refractivity (Wildman–Crippen MR) is 129 cm³/mol. The first-order valence-electron chi connectivity index (χ1n) is 11.1. The van der Waals surface area contributed by atoms with Crippen molar-refractivity contribution in [3.8, 4) is 11.8 Å². The van der Waals surface area contributed by atoms with E-state index < -0.39 is 5.92 Å². The summed E-state index contributed by atoms with van der Waals surface area (Å²) in [5.41, 5.74) is 0.951. The van der Waals surface area contributed by atoms with Crippen LogP contribution in [0.5, 0.6) is 5.75 Å². The molecule has 0 bridgehead atoms. The first-order chi connectivity index (χ1) is 15.4. The number of thioether (sulfide) groups is 1. The zero-order chi connectivity index (χ0) is 23.5. The van der Waals surface area contributed by atoms with Gasteiger partial charge in [0, 0.05) is 44.4 Å². The largest absolute Gasteiger partial charge is 0.492 e. The van der Waals surface area contributed by atoms with Crippen LogP contribution in [0, 0.1) is 17.2 Å². The van der Waals surface area contributed by atoms with E-state index in [1.807, 2.05) is 52.2 Å². The molecule has 0 spiro atoms. The van der Waals surface area contributed by atoms with Crippen LogP contribution >= 0.6 is 11.8 Å². The van der Waals surface area contributed by atoms with Gasteiger partial charge in [0.1, 0.15) is 18.3 Å². The van der Waals surface area contributed by atoms with E-state index in [0.29, 0.717) is 39.1 Å². The molecule has 1 saturated heterocycles. The number of nitrogens with one attached hydrogen (secondary N) is 2. The summed E-state index contributed by atoms with van der Waals surface area (Å²) >= 11 is 1.56. The standard InChI is InChI=1S/C23H35N5O3S/c1-5-25-22(29)17(16-24)14-21-28(6-2)23(30)20(32-21)10-11-26-18-8-7-9-19(15-18)31-13-12-27(3)4/h7-9,15,17,20-21,26H,5-6,10-14H2,1-4H3,(H,25,29). The maximum atomic E-state index is 12.9. The highest BCUT2D eigenvalue weighted by atomic mass is 32.2. The number of benzene rings is 1. The van der Waals surface area contributed by atoms with E-state index >= 15 is 0 Å². The fourth-order valence-corrected chi connectivity index (χ4v) is 5.08. The third-order valence-corrected chi connectivity index (χ3v) is 6.73. The van der Waals surface area contributed by atoms with Crippen molar-refractivity contribution in [1.29, 1.82) is 5.26 Å². The zero-order valence-corrected chi connectivity index (χ0v) is 20.3. The molecule has 0 radical (unpaired) electrons. The number of anilines is 1. The summed E-state index contributed by atoms with van der Waals surface area (Å²) in [6.45, 7) is 6.93. The number of nitrogens with zero attached hydrogens (tertiary/aromatic N) is 3. The Morgan fingerprint density at radius 1 is 1.38 bits per heavy atom. The van der Waals surface area contributed by atoms with Gasteiger partial charge < -0.3 is 25.2 Å². The lowest BCUT2D eigenvalue weighted by Crippen LogP contribution is -2.38. The van der Waals surface area contributed by atoms with Gasteiger partial charge in [0.2, 0.25) is 11.8 Å². The number of hydrogen-bond acceptors (Lipinski definition) is 7. The van der Waals surface area contributed by atoms with E-state index in [1.54, 1.807) is 16.7 Å². The highest BCUT2D eigenvalue weighted by molar-refractivity contribution is 8.01. The fourth-order valence-electron chi connectivity index (χ4n) is 3.49. The number of rotatable bonds is 13. The second-order valence-corrected chi connectivity index (χ2v) is 9.30. The van der Waals surface area contributed by atoms with E-state index in [0.717, 1.165) is 18.0 Å². The molecule has 1 fully saturated rings. The number of amides is 2. The van der Waals surface area contributed by atoms with Gasteiger partial charge in [0.25, 0.3) is 0 Å². The van der Waals surface area contributed by atoms with Crippen LogP contribution < -0.4 is 15.4 Å². The summed E-state index contributed by atoms with van der Waals surface area (Å²) in [7, 11) is 4.02. The Labute approximate surface area is 195 Å². The van der Waals surface area contributed by atoms with E-state index in [2.05, 4.69) is 21.6 Å². The Bertz CT molecular complexity index is 798. The normalized spacial score (nSPS) is 19.0. The first kappa shape index (κ1) is 25.8. The lowest BCUT2D eigenvalue weighted by Gasteiger charge is -2.23. The second-order valence-electron chi connectivity index (χ2n) is 7.91. The molecule has 32 heavy (non-hydrogen) atoms. The number of nitriles is 1. The minimum atomic E-state index is -0.749. The van der Waals surface area contributed by atoms with Crippen LogP contribution in [0.1, 0.15) is 26.7 Å². The summed E-state index contributed by atoms with van der Waals surface area (Å²) in [5, 5.41) is 15.1. The van der Waals surface area contributed by atoms with Gasteiger partial charge in [0.15, 0.2) is 0 Å². The quantitative estimate of drug-likeness (QED) is 0.465. The predicted octanol–water partition coefficient (Wildman–Crippen LogP) is 2.38. The molecule has 1 heterocycles. The lowest BCUT2D eigenvalue weighted by atomic mass is 10.1. The van der Waals surface area contributed by atoms with Crippen molar-refractivity contribution in [2.75, 3.05) is 52.2 Å². The number of hydrogen-bond donors (Lipinski definition) is 2. The van der Waals surface area contributed by atoms with E-state index in [1.165, 1.54) is 0 Å². The molecular formula is C23H35N5O3S. The van der Waals surface area contributed by atoms with Gasteiger partial charge in [-0.1, -0.05) is 6.07 Å². The van der Waals surface area contributed by atoms with Crippen molar-refractivity contribution in [2.45, 2.75) is 37.3 Å². The van der Waals surface area contributed by atoms with Crippen LogP contribution in [0.4, 0.5) is 5.69 Å². The number of carbonyl (C=O) groups excluding carboxylic acids is 2. The summed E-state index contributed by atoms with van der Waals surface area (Å²) in [6, 6.07) is 9.91. The van der Waals surface area contributed by atoms with Crippen LogP contribution in [0.2, 0.25) is 0 Å². The van der Waals surface area contributed by atoms with E-state index in [9.17, 15) is 14.9 Å². The van der Waals surface area contributed by atoms with Crippen LogP contribution in [0.25, 0.3) is 0 Å². The van der Waals surface area contributed by atoms with Gasteiger partial charge in [0.05, 0.1) is 16.7 Å². The van der Waals surface area contributed by atoms with Gasteiger partial charge in [-0.2, -0.15) is 5.26 Å². The van der Waals surface area contributed by atoms with Gasteiger partial charge in [-0.15, -0.1) is 11.8 Å². The minimum absolute atomic E-state index is 0.0812. The summed E-state index contributed by atoms with van der Waals surface area (Å²) < 4.78 is 5.78. The van der Waals surface area contributed by atoms with Crippen molar-refractivity contribution >= 4 is 29.3 Å². The Morgan fingerprint density at radius 2 is 2.16 bits per heavy atom. The molecular weight excluding hydrogens is 426 g/mol. The third kappa shape index (κ3) is 7.61. The zero-order valence-electron chi connectivity index (χ0n) is 19.5. The molecule has 1 aromatic carbocycles. The second kappa shape index (κ2) is 13.2. The topological polar surface area (TPSA) is 97.7 Å². The molecule has 2 rings (SSSR count). The summed E-state index contributed by atoms with van der Waals surface area (Å²) in [4.78, 5) is 28.8. The van der Waals surface area contributed by atoms with E-state index in [-0.39, 0.29) is 22.4 Å².